The molecule has 4 rings (SSSR count). The van der Waals surface area contributed by atoms with Gasteiger partial charge in [-0.2, -0.15) is 10.2 Å². The Hall–Kier alpha value is -2.38. The summed E-state index contributed by atoms with van der Waals surface area (Å²) < 4.78 is 7.90. The second-order valence-corrected chi connectivity index (χ2v) is 7.07. The molecule has 26 heavy (non-hydrogen) atoms. The number of rotatable bonds is 6. The van der Waals surface area contributed by atoms with Crippen LogP contribution in [0.1, 0.15) is 30.3 Å². The largest absolute Gasteiger partial charge is 0.458 e. The molecule has 1 saturated heterocycles. The third kappa shape index (κ3) is 3.45. The maximum absolute atomic E-state index is 5.90. The van der Waals surface area contributed by atoms with Crippen molar-refractivity contribution in [1.29, 1.82) is 0 Å². The number of nitrogens with one attached hydrogen (secondary N) is 2. The van der Waals surface area contributed by atoms with Crippen molar-refractivity contribution in [3.05, 3.63) is 48.1 Å². The first-order chi connectivity index (χ1) is 12.7. The van der Waals surface area contributed by atoms with Crippen molar-refractivity contribution in [2.45, 2.75) is 25.4 Å². The quantitative estimate of drug-likeness (QED) is 0.712. The Morgan fingerprint density at radius 1 is 1.23 bits per heavy atom. The van der Waals surface area contributed by atoms with E-state index < -0.39 is 0 Å². The predicted octanol–water partition coefficient (Wildman–Crippen LogP) is 2.58. The Morgan fingerprint density at radius 3 is 2.92 bits per heavy atom. The molecule has 1 fully saturated rings. The molecule has 0 amide bonds. The van der Waals surface area contributed by atoms with Crippen molar-refractivity contribution in [3.63, 3.8) is 0 Å². The Bertz CT molecular complexity index is 821. The summed E-state index contributed by atoms with van der Waals surface area (Å²) in [6, 6.07) is 8.46. The molecular weight excluding hydrogens is 328 g/mol. The summed E-state index contributed by atoms with van der Waals surface area (Å²) in [6.07, 6.45) is 6.09. The summed E-state index contributed by atoms with van der Waals surface area (Å²) >= 11 is 0. The molecule has 138 valence electrons. The minimum Gasteiger partial charge on any atom is -0.458 e. The number of hydrogen-bond donors (Lipinski definition) is 2. The molecule has 0 spiro atoms. The van der Waals surface area contributed by atoms with Gasteiger partial charge >= 0.3 is 0 Å². The lowest BCUT2D eigenvalue weighted by atomic mass is 9.87. The lowest BCUT2D eigenvalue weighted by Crippen LogP contribution is -2.41. The minimum atomic E-state index is 0.404. The highest BCUT2D eigenvalue weighted by molar-refractivity contribution is 5.51. The molecule has 4 heterocycles. The molecule has 0 aliphatic carbocycles. The van der Waals surface area contributed by atoms with E-state index in [0.717, 1.165) is 36.8 Å². The van der Waals surface area contributed by atoms with E-state index in [2.05, 4.69) is 38.6 Å². The van der Waals surface area contributed by atoms with Crippen LogP contribution in [-0.4, -0.2) is 45.0 Å². The number of likely N-dealkylation sites (tertiary alicyclic amines) is 1. The molecule has 7 heteroatoms. The highest BCUT2D eigenvalue weighted by atomic mass is 16.3. The molecule has 3 aromatic heterocycles. The van der Waals surface area contributed by atoms with Crippen LogP contribution in [0.5, 0.6) is 0 Å². The summed E-state index contributed by atoms with van der Waals surface area (Å²) in [7, 11) is 4.25. The van der Waals surface area contributed by atoms with Crippen molar-refractivity contribution in [1.82, 2.24) is 30.2 Å². The van der Waals surface area contributed by atoms with E-state index in [0.29, 0.717) is 12.0 Å². The molecule has 0 saturated carbocycles. The number of H-pyrrole nitrogens is 1. The topological polar surface area (TPSA) is 74.9 Å². The SMILES string of the molecule is CN1CCC[C@@H](CNCc2ccc(-c3ccn[nH]3)o2)[C@@H]1c1ccnn1C. The normalized spacial score (nSPS) is 21.3. The highest BCUT2D eigenvalue weighted by Crippen LogP contribution is 2.34. The number of piperidine rings is 1. The van der Waals surface area contributed by atoms with Crippen molar-refractivity contribution in [2.75, 3.05) is 20.1 Å². The summed E-state index contributed by atoms with van der Waals surface area (Å²) in [5.41, 5.74) is 2.19. The zero-order chi connectivity index (χ0) is 17.9. The van der Waals surface area contributed by atoms with E-state index in [1.165, 1.54) is 18.5 Å². The lowest BCUT2D eigenvalue weighted by molar-refractivity contribution is 0.112. The van der Waals surface area contributed by atoms with Crippen LogP contribution in [-0.2, 0) is 13.6 Å². The van der Waals surface area contributed by atoms with Crippen LogP contribution in [0.2, 0.25) is 0 Å². The summed E-state index contributed by atoms with van der Waals surface area (Å²) in [5.74, 6) is 2.33. The molecule has 7 nitrogen and oxygen atoms in total. The van der Waals surface area contributed by atoms with Crippen LogP contribution < -0.4 is 5.32 Å². The first kappa shape index (κ1) is 17.1. The van der Waals surface area contributed by atoms with E-state index in [1.54, 1.807) is 6.20 Å². The zero-order valence-corrected chi connectivity index (χ0v) is 15.4. The van der Waals surface area contributed by atoms with Crippen LogP contribution in [0.3, 0.4) is 0 Å². The van der Waals surface area contributed by atoms with Gasteiger partial charge in [0.1, 0.15) is 11.5 Å². The summed E-state index contributed by atoms with van der Waals surface area (Å²) in [5, 5.41) is 14.8. The lowest BCUT2D eigenvalue weighted by Gasteiger charge is -2.39. The van der Waals surface area contributed by atoms with Gasteiger partial charge in [-0.05, 0) is 56.6 Å². The van der Waals surface area contributed by atoms with Gasteiger partial charge in [0.15, 0.2) is 5.76 Å². The summed E-state index contributed by atoms with van der Waals surface area (Å²) in [6.45, 7) is 2.82. The fourth-order valence-electron chi connectivity index (χ4n) is 4.01. The number of aryl methyl sites for hydroxylation is 1. The van der Waals surface area contributed by atoms with E-state index in [9.17, 15) is 0 Å². The fraction of sp³-hybridized carbons (Fsp3) is 0.474. The van der Waals surface area contributed by atoms with Crippen LogP contribution in [0.4, 0.5) is 0 Å². The van der Waals surface area contributed by atoms with Crippen LogP contribution in [0.25, 0.3) is 11.5 Å². The standard InChI is InChI=1S/C19H26N6O/c1-24-11-3-4-14(19(24)17-8-10-22-25(17)2)12-20-13-15-5-6-18(26-15)16-7-9-21-23-16/h5-10,14,19-20H,3-4,11-13H2,1-2H3,(H,21,23)/t14-,19+/m0/s1. The third-order valence-electron chi connectivity index (χ3n) is 5.30. The van der Waals surface area contributed by atoms with Crippen molar-refractivity contribution in [2.24, 2.45) is 13.0 Å². The predicted molar refractivity (Wildman–Crippen MR) is 99.3 cm³/mol. The Morgan fingerprint density at radius 2 is 2.15 bits per heavy atom. The minimum absolute atomic E-state index is 0.404. The molecule has 0 unspecified atom stereocenters. The monoisotopic (exact) mass is 354 g/mol. The third-order valence-corrected chi connectivity index (χ3v) is 5.30. The maximum atomic E-state index is 5.90. The van der Waals surface area contributed by atoms with Crippen LogP contribution in [0.15, 0.2) is 41.1 Å². The number of aromatic nitrogens is 4. The second-order valence-electron chi connectivity index (χ2n) is 7.07. The number of furan rings is 1. The Balaban J connectivity index is 1.38. The van der Waals surface area contributed by atoms with Crippen LogP contribution >= 0.6 is 0 Å². The number of hydrogen-bond acceptors (Lipinski definition) is 5. The molecule has 0 aromatic carbocycles. The molecular formula is C19H26N6O. The smallest absolute Gasteiger partial charge is 0.152 e. The maximum Gasteiger partial charge on any atom is 0.152 e. The van der Waals surface area contributed by atoms with Gasteiger partial charge < -0.3 is 9.73 Å². The first-order valence-electron chi connectivity index (χ1n) is 9.19. The molecule has 1 aliphatic heterocycles. The van der Waals surface area contributed by atoms with E-state index in [1.807, 2.05) is 36.1 Å². The van der Waals surface area contributed by atoms with Gasteiger partial charge in [-0.25, -0.2) is 0 Å². The zero-order valence-electron chi connectivity index (χ0n) is 15.4. The molecule has 0 radical (unpaired) electrons. The van der Waals surface area contributed by atoms with Gasteiger partial charge in [0, 0.05) is 26.0 Å². The van der Waals surface area contributed by atoms with Gasteiger partial charge in [0.05, 0.1) is 18.3 Å². The van der Waals surface area contributed by atoms with Gasteiger partial charge in [0.2, 0.25) is 0 Å². The molecule has 0 bridgehead atoms. The highest BCUT2D eigenvalue weighted by Gasteiger charge is 2.32. The van der Waals surface area contributed by atoms with E-state index in [-0.39, 0.29) is 0 Å². The molecule has 2 N–H and O–H groups in total. The molecule has 1 aliphatic rings. The van der Waals surface area contributed by atoms with Gasteiger partial charge in [-0.1, -0.05) is 0 Å². The second kappa shape index (κ2) is 7.47. The van der Waals surface area contributed by atoms with E-state index >= 15 is 0 Å². The molecule has 3 aromatic rings. The Kier molecular flexibility index (Phi) is 4.90. The summed E-state index contributed by atoms with van der Waals surface area (Å²) in [4.78, 5) is 2.45. The average molecular weight is 354 g/mol. The van der Waals surface area contributed by atoms with Crippen molar-refractivity contribution in [3.8, 4) is 11.5 Å². The van der Waals surface area contributed by atoms with Gasteiger partial charge in [-0.3, -0.25) is 14.7 Å². The van der Waals surface area contributed by atoms with E-state index in [4.69, 9.17) is 4.42 Å². The number of nitrogens with zero attached hydrogens (tertiary/aromatic N) is 4. The number of aromatic amines is 1. The van der Waals surface area contributed by atoms with Crippen molar-refractivity contribution < 1.29 is 4.42 Å². The molecule has 2 atom stereocenters. The fourth-order valence-corrected chi connectivity index (χ4v) is 4.01. The van der Waals surface area contributed by atoms with Crippen LogP contribution in [0, 0.1) is 5.92 Å². The first-order valence-corrected chi connectivity index (χ1v) is 9.19. The average Bonchev–Trinajstić information content (AvgIpc) is 3.36. The van der Waals surface area contributed by atoms with Gasteiger partial charge in [-0.15, -0.1) is 0 Å². The Labute approximate surface area is 153 Å². The van der Waals surface area contributed by atoms with Gasteiger partial charge in [0.25, 0.3) is 0 Å². The van der Waals surface area contributed by atoms with Crippen molar-refractivity contribution >= 4 is 0 Å².